The van der Waals surface area contributed by atoms with Gasteiger partial charge in [-0.2, -0.15) is 0 Å². The largest absolute Gasteiger partial charge is 0.496 e. The van der Waals surface area contributed by atoms with Crippen molar-refractivity contribution in [2.45, 2.75) is 39.2 Å². The number of rotatable bonds is 12. The molecule has 0 aliphatic heterocycles. The summed E-state index contributed by atoms with van der Waals surface area (Å²) in [6, 6.07) is 11.4. The number of esters is 1. The monoisotopic (exact) mass is 491 g/mol. The van der Waals surface area contributed by atoms with Crippen LogP contribution in [0.5, 0.6) is 5.75 Å². The zero-order chi connectivity index (χ0) is 25.5. The minimum atomic E-state index is -0.499. The smallest absolute Gasteiger partial charge is 0.310 e. The molecule has 0 bridgehead atoms. The molecule has 1 aromatic heterocycles. The fourth-order valence-corrected chi connectivity index (χ4v) is 4.10. The maximum Gasteiger partial charge on any atom is 0.310 e. The van der Waals surface area contributed by atoms with Crippen LogP contribution in [0.2, 0.25) is 0 Å². The number of hydrogen-bond donors (Lipinski definition) is 1. The van der Waals surface area contributed by atoms with E-state index in [9.17, 15) is 14.0 Å². The van der Waals surface area contributed by atoms with Gasteiger partial charge in [-0.25, -0.2) is 14.4 Å². The Bertz CT molecular complexity index is 1230. The van der Waals surface area contributed by atoms with Gasteiger partial charge in [0.15, 0.2) is 11.6 Å². The molecule has 1 saturated carbocycles. The summed E-state index contributed by atoms with van der Waals surface area (Å²) < 4.78 is 24.1. The fourth-order valence-electron chi connectivity index (χ4n) is 4.10. The molecular formula is C28H30FN3O4. The van der Waals surface area contributed by atoms with Crippen LogP contribution >= 0.6 is 0 Å². The second-order valence-corrected chi connectivity index (χ2v) is 8.78. The molecule has 0 atom stereocenters. The number of carbonyl (C=O) groups excluding carboxylic acids is 2. The van der Waals surface area contributed by atoms with Crippen LogP contribution in [0.3, 0.4) is 0 Å². The first kappa shape index (κ1) is 25.4. The van der Waals surface area contributed by atoms with Crippen molar-refractivity contribution < 1.29 is 23.5 Å². The number of halogens is 1. The first-order valence-corrected chi connectivity index (χ1v) is 12.2. The molecule has 4 rings (SSSR count). The number of hydrogen-bond acceptors (Lipinski definition) is 7. The highest BCUT2D eigenvalue weighted by Gasteiger charge is 2.28. The minimum Gasteiger partial charge on any atom is -0.496 e. The number of aromatic nitrogens is 2. The average Bonchev–Trinajstić information content (AvgIpc) is 3.73. The van der Waals surface area contributed by atoms with E-state index in [1.165, 1.54) is 0 Å². The number of carbonyl (C=O) groups is 2. The van der Waals surface area contributed by atoms with Gasteiger partial charge in [-0.1, -0.05) is 18.2 Å². The van der Waals surface area contributed by atoms with E-state index in [-0.39, 0.29) is 18.3 Å². The Hall–Kier alpha value is -3.65. The Balaban J connectivity index is 1.65. The summed E-state index contributed by atoms with van der Waals surface area (Å²) in [5, 5.41) is 3.38. The van der Waals surface area contributed by atoms with Gasteiger partial charge in [-0.05, 0) is 54.7 Å². The molecule has 36 heavy (non-hydrogen) atoms. The van der Waals surface area contributed by atoms with Crippen molar-refractivity contribution in [3.05, 3.63) is 65.7 Å². The van der Waals surface area contributed by atoms with Gasteiger partial charge < -0.3 is 14.8 Å². The summed E-state index contributed by atoms with van der Waals surface area (Å²) in [5.74, 6) is 0.840. The number of ether oxygens (including phenoxy) is 2. The summed E-state index contributed by atoms with van der Waals surface area (Å²) >= 11 is 0. The van der Waals surface area contributed by atoms with Crippen LogP contribution in [0.4, 0.5) is 4.39 Å². The predicted octanol–water partition coefficient (Wildman–Crippen LogP) is 4.52. The van der Waals surface area contributed by atoms with Crippen LogP contribution in [-0.2, 0) is 27.3 Å². The SMILES string of the molecule is CCOC(=O)Cc1ccc(OC)c(-c2ccc(-c3ncc(F)cn3)cc2CNCCC(=O)C2CC2)c1. The molecule has 0 amide bonds. The van der Waals surface area contributed by atoms with Crippen molar-refractivity contribution in [1.82, 2.24) is 15.3 Å². The molecule has 0 unspecified atom stereocenters. The van der Waals surface area contributed by atoms with Crippen LogP contribution in [0, 0.1) is 11.7 Å². The molecule has 188 valence electrons. The normalized spacial score (nSPS) is 12.9. The summed E-state index contributed by atoms with van der Waals surface area (Å²) in [6.07, 6.45) is 4.94. The molecule has 3 aromatic rings. The molecule has 1 aliphatic carbocycles. The zero-order valence-corrected chi connectivity index (χ0v) is 20.6. The van der Waals surface area contributed by atoms with Gasteiger partial charge in [0.2, 0.25) is 0 Å². The first-order chi connectivity index (χ1) is 17.5. The molecule has 1 N–H and O–H groups in total. The lowest BCUT2D eigenvalue weighted by atomic mass is 9.94. The van der Waals surface area contributed by atoms with E-state index in [0.717, 1.165) is 53.1 Å². The number of nitrogens with one attached hydrogen (secondary N) is 1. The molecule has 2 aromatic carbocycles. The van der Waals surface area contributed by atoms with Crippen LogP contribution in [-0.4, -0.2) is 42.0 Å². The second kappa shape index (κ2) is 11.9. The third kappa shape index (κ3) is 6.51. The van der Waals surface area contributed by atoms with Crippen LogP contribution in [0.15, 0.2) is 48.8 Å². The van der Waals surface area contributed by atoms with Crippen molar-refractivity contribution in [2.75, 3.05) is 20.3 Å². The van der Waals surface area contributed by atoms with E-state index in [1.807, 2.05) is 36.4 Å². The number of Topliss-reactive ketones (excluding diaryl/α,β-unsaturated/α-hetero) is 1. The maximum absolute atomic E-state index is 13.3. The Labute approximate surface area is 210 Å². The van der Waals surface area contributed by atoms with E-state index in [2.05, 4.69) is 15.3 Å². The van der Waals surface area contributed by atoms with Crippen LogP contribution < -0.4 is 10.1 Å². The van der Waals surface area contributed by atoms with Crippen LogP contribution in [0.25, 0.3) is 22.5 Å². The van der Waals surface area contributed by atoms with Crippen molar-refractivity contribution in [3.63, 3.8) is 0 Å². The van der Waals surface area contributed by atoms with Gasteiger partial charge >= 0.3 is 5.97 Å². The molecule has 1 fully saturated rings. The second-order valence-electron chi connectivity index (χ2n) is 8.78. The van der Waals surface area contributed by atoms with Crippen molar-refractivity contribution in [1.29, 1.82) is 0 Å². The molecule has 8 heteroatoms. The average molecular weight is 492 g/mol. The summed E-state index contributed by atoms with van der Waals surface area (Å²) in [7, 11) is 1.60. The lowest BCUT2D eigenvalue weighted by molar-refractivity contribution is -0.142. The first-order valence-electron chi connectivity index (χ1n) is 12.2. The fraction of sp³-hybridized carbons (Fsp3) is 0.357. The Morgan fingerprint density at radius 1 is 1.08 bits per heavy atom. The summed E-state index contributed by atoms with van der Waals surface area (Å²) in [4.78, 5) is 32.4. The zero-order valence-electron chi connectivity index (χ0n) is 20.6. The molecule has 1 heterocycles. The standard InChI is InChI=1S/C28H30FN3O4/c1-3-36-27(34)13-18-4-9-26(35-2)24(12-18)23-8-7-20(28-31-16-22(29)17-32-28)14-21(23)15-30-11-10-25(33)19-5-6-19/h4,7-9,12,14,16-17,19,30H,3,5-6,10-11,13,15H2,1-2H3. The maximum atomic E-state index is 13.3. The molecule has 7 nitrogen and oxygen atoms in total. The molecular weight excluding hydrogens is 461 g/mol. The molecule has 1 aliphatic rings. The van der Waals surface area contributed by atoms with Gasteiger partial charge in [0.1, 0.15) is 11.5 Å². The molecule has 0 saturated heterocycles. The summed E-state index contributed by atoms with van der Waals surface area (Å²) in [5.41, 5.74) is 4.22. The number of methoxy groups -OCH3 is 1. The lowest BCUT2D eigenvalue weighted by Crippen LogP contribution is -2.19. The van der Waals surface area contributed by atoms with Crippen LogP contribution in [0.1, 0.15) is 37.3 Å². The lowest BCUT2D eigenvalue weighted by Gasteiger charge is -2.16. The van der Waals surface area contributed by atoms with Crippen molar-refractivity contribution in [2.24, 2.45) is 5.92 Å². The highest BCUT2D eigenvalue weighted by atomic mass is 19.1. The van der Waals surface area contributed by atoms with Gasteiger partial charge in [-0.15, -0.1) is 0 Å². The topological polar surface area (TPSA) is 90.4 Å². The van der Waals surface area contributed by atoms with E-state index in [0.29, 0.717) is 43.5 Å². The highest BCUT2D eigenvalue weighted by molar-refractivity contribution is 5.83. The van der Waals surface area contributed by atoms with Crippen molar-refractivity contribution >= 4 is 11.8 Å². The third-order valence-electron chi connectivity index (χ3n) is 6.09. The van der Waals surface area contributed by atoms with E-state index >= 15 is 0 Å². The van der Waals surface area contributed by atoms with Gasteiger partial charge in [0.05, 0.1) is 32.5 Å². The number of benzene rings is 2. The van der Waals surface area contributed by atoms with Gasteiger partial charge in [-0.3, -0.25) is 9.59 Å². The predicted molar refractivity (Wildman–Crippen MR) is 134 cm³/mol. The molecule has 0 radical (unpaired) electrons. The Morgan fingerprint density at radius 2 is 1.86 bits per heavy atom. The summed E-state index contributed by atoms with van der Waals surface area (Å²) in [6.45, 7) is 3.18. The minimum absolute atomic E-state index is 0.156. The van der Waals surface area contributed by atoms with E-state index in [4.69, 9.17) is 9.47 Å². The molecule has 0 spiro atoms. The Kier molecular flexibility index (Phi) is 8.38. The quantitative estimate of drug-likeness (QED) is 0.294. The van der Waals surface area contributed by atoms with Gasteiger partial charge in [0, 0.05) is 36.6 Å². The Morgan fingerprint density at radius 3 is 2.56 bits per heavy atom. The van der Waals surface area contributed by atoms with Gasteiger partial charge in [0.25, 0.3) is 0 Å². The third-order valence-corrected chi connectivity index (χ3v) is 6.09. The van der Waals surface area contributed by atoms with E-state index < -0.39 is 5.82 Å². The van der Waals surface area contributed by atoms with E-state index in [1.54, 1.807) is 14.0 Å². The number of nitrogens with zero attached hydrogens (tertiary/aromatic N) is 2. The van der Waals surface area contributed by atoms with Crippen molar-refractivity contribution in [3.8, 4) is 28.3 Å². The highest BCUT2D eigenvalue weighted by Crippen LogP contribution is 2.35. The number of ketones is 1.